The highest BCUT2D eigenvalue weighted by Gasteiger charge is 2.09. The van der Waals surface area contributed by atoms with Crippen LogP contribution in [0.3, 0.4) is 0 Å². The van der Waals surface area contributed by atoms with E-state index in [2.05, 4.69) is 22.1 Å². The molecule has 4 nitrogen and oxygen atoms in total. The Morgan fingerprint density at radius 1 is 1.12 bits per heavy atom. The van der Waals surface area contributed by atoms with Crippen LogP contribution >= 0.6 is 22.7 Å². The fourth-order valence-electron chi connectivity index (χ4n) is 2.74. The summed E-state index contributed by atoms with van der Waals surface area (Å²) in [4.78, 5) is 0. The lowest BCUT2D eigenvalue weighted by Crippen LogP contribution is -2.31. The number of hydrogen-bond acceptors (Lipinski definition) is 6. The Labute approximate surface area is 159 Å². The number of fused-ring (bicyclic) bond motifs is 1. The number of hydrogen-bond donors (Lipinski definition) is 2. The van der Waals surface area contributed by atoms with Crippen molar-refractivity contribution in [1.82, 2.24) is 5.32 Å². The summed E-state index contributed by atoms with van der Waals surface area (Å²) in [5.41, 5.74) is 3.53. The molecular weight excluding hydrogens is 366 g/mol. The van der Waals surface area contributed by atoms with Gasteiger partial charge in [0, 0.05) is 29.4 Å². The van der Waals surface area contributed by atoms with Crippen LogP contribution < -0.4 is 10.1 Å². The van der Waals surface area contributed by atoms with Crippen LogP contribution in [0.1, 0.15) is 5.56 Å². The minimum absolute atomic E-state index is 0.264. The molecule has 0 saturated carbocycles. The van der Waals surface area contributed by atoms with E-state index in [0.29, 0.717) is 6.54 Å². The fourth-order valence-corrected chi connectivity index (χ4v) is 4.31. The van der Waals surface area contributed by atoms with Crippen molar-refractivity contribution >= 4 is 32.8 Å². The minimum atomic E-state index is -0.546. The van der Waals surface area contributed by atoms with Crippen LogP contribution in [0, 0.1) is 0 Å². The SMILES string of the molecule is O[C@H](CNCc1ccsc1)COc1ccc(-c2csc3cocc23)cc1. The predicted molar refractivity (Wildman–Crippen MR) is 107 cm³/mol. The van der Waals surface area contributed by atoms with E-state index in [1.807, 2.05) is 29.6 Å². The summed E-state index contributed by atoms with van der Waals surface area (Å²) in [5.74, 6) is 0.754. The van der Waals surface area contributed by atoms with Crippen molar-refractivity contribution in [3.05, 3.63) is 64.6 Å². The van der Waals surface area contributed by atoms with Gasteiger partial charge in [0.1, 0.15) is 24.7 Å². The summed E-state index contributed by atoms with van der Waals surface area (Å²) in [6, 6.07) is 10.0. The molecular formula is C20H19NO3S2. The van der Waals surface area contributed by atoms with Gasteiger partial charge in [-0.15, -0.1) is 11.3 Å². The van der Waals surface area contributed by atoms with Crippen molar-refractivity contribution in [3.8, 4) is 16.9 Å². The largest absolute Gasteiger partial charge is 0.491 e. The van der Waals surface area contributed by atoms with Crippen molar-refractivity contribution < 1.29 is 14.3 Å². The molecule has 0 amide bonds. The van der Waals surface area contributed by atoms with Crippen LogP contribution in [0.25, 0.3) is 21.2 Å². The van der Waals surface area contributed by atoms with Gasteiger partial charge in [-0.3, -0.25) is 0 Å². The number of thiophene rings is 2. The predicted octanol–water partition coefficient (Wildman–Crippen LogP) is 4.75. The number of nitrogens with one attached hydrogen (secondary N) is 1. The first-order chi connectivity index (χ1) is 12.8. The van der Waals surface area contributed by atoms with Crippen LogP contribution in [-0.4, -0.2) is 24.4 Å². The molecule has 1 atom stereocenters. The van der Waals surface area contributed by atoms with Gasteiger partial charge >= 0.3 is 0 Å². The Morgan fingerprint density at radius 2 is 2.00 bits per heavy atom. The van der Waals surface area contributed by atoms with E-state index in [1.165, 1.54) is 11.1 Å². The van der Waals surface area contributed by atoms with Gasteiger partial charge < -0.3 is 19.6 Å². The number of benzene rings is 1. The van der Waals surface area contributed by atoms with Gasteiger partial charge in [0.15, 0.2) is 0 Å². The van der Waals surface area contributed by atoms with E-state index in [-0.39, 0.29) is 6.61 Å². The van der Waals surface area contributed by atoms with E-state index in [1.54, 1.807) is 35.2 Å². The first kappa shape index (κ1) is 17.3. The van der Waals surface area contributed by atoms with Crippen LogP contribution in [0.5, 0.6) is 5.75 Å². The Bertz CT molecular complexity index is 941. The Kier molecular flexibility index (Phi) is 5.36. The molecule has 1 aromatic carbocycles. The highest BCUT2D eigenvalue weighted by molar-refractivity contribution is 7.17. The standard InChI is InChI=1S/C20H19NO3S2/c22-16(8-21-7-14-5-6-25-12-14)9-24-17-3-1-15(2-4-17)19-13-26-20-11-23-10-18(19)20/h1-6,10-13,16,21-22H,7-9H2/t16-/m1/s1. The zero-order valence-electron chi connectivity index (χ0n) is 14.1. The Balaban J connectivity index is 1.28. The van der Waals surface area contributed by atoms with E-state index in [9.17, 15) is 5.11 Å². The van der Waals surface area contributed by atoms with E-state index in [0.717, 1.165) is 27.9 Å². The van der Waals surface area contributed by atoms with E-state index >= 15 is 0 Å². The highest BCUT2D eigenvalue weighted by Crippen LogP contribution is 2.35. The van der Waals surface area contributed by atoms with E-state index < -0.39 is 6.10 Å². The second-order valence-corrected chi connectivity index (χ2v) is 7.74. The van der Waals surface area contributed by atoms with Gasteiger partial charge in [-0.25, -0.2) is 0 Å². The molecule has 2 N–H and O–H groups in total. The highest BCUT2D eigenvalue weighted by atomic mass is 32.1. The third kappa shape index (κ3) is 3.99. The second kappa shape index (κ2) is 8.05. The minimum Gasteiger partial charge on any atom is -0.491 e. The monoisotopic (exact) mass is 385 g/mol. The quantitative estimate of drug-likeness (QED) is 0.459. The van der Waals surface area contributed by atoms with Crippen LogP contribution in [0.2, 0.25) is 0 Å². The van der Waals surface area contributed by atoms with Crippen LogP contribution in [0.15, 0.2) is 63.4 Å². The summed E-state index contributed by atoms with van der Waals surface area (Å²) in [7, 11) is 0. The smallest absolute Gasteiger partial charge is 0.119 e. The maximum atomic E-state index is 10.0. The molecule has 3 heterocycles. The fraction of sp³-hybridized carbons (Fsp3) is 0.200. The van der Waals surface area contributed by atoms with Gasteiger partial charge in [0.05, 0.1) is 11.0 Å². The van der Waals surface area contributed by atoms with Gasteiger partial charge in [0.2, 0.25) is 0 Å². The third-order valence-corrected chi connectivity index (χ3v) is 5.77. The van der Waals surface area contributed by atoms with Gasteiger partial charge in [-0.1, -0.05) is 12.1 Å². The molecule has 0 bridgehead atoms. The molecule has 6 heteroatoms. The maximum Gasteiger partial charge on any atom is 0.119 e. The first-order valence-corrected chi connectivity index (χ1v) is 10.2. The van der Waals surface area contributed by atoms with Gasteiger partial charge in [-0.2, -0.15) is 11.3 Å². The molecule has 0 fully saturated rings. The lowest BCUT2D eigenvalue weighted by Gasteiger charge is -2.13. The number of aliphatic hydroxyl groups is 1. The molecule has 0 spiro atoms. The molecule has 0 aliphatic rings. The zero-order chi connectivity index (χ0) is 17.8. The van der Waals surface area contributed by atoms with Crippen molar-refractivity contribution in [1.29, 1.82) is 0 Å². The lowest BCUT2D eigenvalue weighted by molar-refractivity contribution is 0.106. The summed E-state index contributed by atoms with van der Waals surface area (Å²) in [6.07, 6.45) is 3.01. The average molecular weight is 386 g/mol. The second-order valence-electron chi connectivity index (χ2n) is 6.05. The average Bonchev–Trinajstić information content (AvgIpc) is 3.39. The number of furan rings is 1. The molecule has 4 aromatic rings. The van der Waals surface area contributed by atoms with Crippen LogP contribution in [0.4, 0.5) is 0 Å². The third-order valence-electron chi connectivity index (χ3n) is 4.12. The van der Waals surface area contributed by atoms with E-state index in [4.69, 9.17) is 9.15 Å². The normalized spacial score (nSPS) is 12.5. The van der Waals surface area contributed by atoms with Crippen molar-refractivity contribution in [2.75, 3.05) is 13.2 Å². The van der Waals surface area contributed by atoms with Crippen molar-refractivity contribution in [3.63, 3.8) is 0 Å². The Morgan fingerprint density at radius 3 is 2.81 bits per heavy atom. The molecule has 0 aliphatic carbocycles. The summed E-state index contributed by atoms with van der Waals surface area (Å²) < 4.78 is 12.1. The van der Waals surface area contributed by atoms with Crippen molar-refractivity contribution in [2.45, 2.75) is 12.6 Å². The molecule has 134 valence electrons. The van der Waals surface area contributed by atoms with Crippen molar-refractivity contribution in [2.24, 2.45) is 0 Å². The van der Waals surface area contributed by atoms with Gasteiger partial charge in [0.25, 0.3) is 0 Å². The summed E-state index contributed by atoms with van der Waals surface area (Å²) in [6.45, 7) is 1.53. The molecule has 4 rings (SSSR count). The van der Waals surface area contributed by atoms with Gasteiger partial charge in [-0.05, 0) is 40.1 Å². The molecule has 26 heavy (non-hydrogen) atoms. The molecule has 3 aromatic heterocycles. The number of ether oxygens (including phenoxy) is 1. The van der Waals surface area contributed by atoms with Crippen LogP contribution in [-0.2, 0) is 6.54 Å². The maximum absolute atomic E-state index is 10.0. The lowest BCUT2D eigenvalue weighted by atomic mass is 10.1. The molecule has 0 saturated heterocycles. The molecule has 0 unspecified atom stereocenters. The number of rotatable bonds is 8. The number of aliphatic hydroxyl groups excluding tert-OH is 1. The summed E-state index contributed by atoms with van der Waals surface area (Å²) >= 11 is 3.35. The Hall–Kier alpha value is -2.12. The molecule has 0 radical (unpaired) electrons. The topological polar surface area (TPSA) is 54.6 Å². The summed E-state index contributed by atoms with van der Waals surface area (Å²) in [5, 5.41) is 20.7. The molecule has 0 aliphatic heterocycles. The first-order valence-electron chi connectivity index (χ1n) is 8.36. The zero-order valence-corrected chi connectivity index (χ0v) is 15.7.